The highest BCUT2D eigenvalue weighted by atomic mass is 19.1. The van der Waals surface area contributed by atoms with Crippen LogP contribution in [0.1, 0.15) is 36.7 Å². The number of halogens is 1. The third kappa shape index (κ3) is 2.00. The number of carbonyl (C=O) groups excluding carboxylic acids is 1. The molecule has 0 amide bonds. The Balaban J connectivity index is 3.27. The van der Waals surface area contributed by atoms with Gasteiger partial charge in [-0.15, -0.1) is 0 Å². The van der Waals surface area contributed by atoms with Crippen molar-refractivity contribution >= 4 is 5.78 Å². The molecule has 1 rings (SSSR count). The molecule has 0 saturated carbocycles. The molecule has 0 aliphatic carbocycles. The predicted molar refractivity (Wildman–Crippen MR) is 55.4 cm³/mol. The minimum absolute atomic E-state index is 0.0119. The Labute approximate surface area is 83.9 Å². The molecule has 14 heavy (non-hydrogen) atoms. The fraction of sp³-hybridized carbons (Fsp3) is 0.417. The lowest BCUT2D eigenvalue weighted by Crippen LogP contribution is -2.22. The van der Waals surface area contributed by atoms with Crippen molar-refractivity contribution in [2.24, 2.45) is 0 Å². The van der Waals surface area contributed by atoms with Crippen LogP contribution in [-0.4, -0.2) is 12.5 Å². The van der Waals surface area contributed by atoms with Crippen molar-refractivity contribution in [3.05, 3.63) is 35.4 Å². The van der Waals surface area contributed by atoms with Crippen molar-refractivity contribution in [3.8, 4) is 0 Å². The van der Waals surface area contributed by atoms with Crippen LogP contribution >= 0.6 is 0 Å². The second-order valence-electron chi connectivity index (χ2n) is 4.12. The van der Waals surface area contributed by atoms with Gasteiger partial charge in [0.2, 0.25) is 0 Å². The van der Waals surface area contributed by atoms with Crippen molar-refractivity contribution in [2.45, 2.75) is 26.2 Å². The van der Waals surface area contributed by atoms with Gasteiger partial charge in [0.25, 0.3) is 0 Å². The fourth-order valence-corrected chi connectivity index (χ4v) is 1.45. The summed E-state index contributed by atoms with van der Waals surface area (Å²) in [6.07, 6.45) is 0. The molecule has 2 heteroatoms. The first-order valence-corrected chi connectivity index (χ1v) is 4.65. The second-order valence-corrected chi connectivity index (χ2v) is 4.12. The fourth-order valence-electron chi connectivity index (χ4n) is 1.45. The van der Waals surface area contributed by atoms with Gasteiger partial charge in [-0.3, -0.25) is 9.18 Å². The average molecular weight is 194 g/mol. The number of alkyl halides is 1. The Kier molecular flexibility index (Phi) is 3.04. The van der Waals surface area contributed by atoms with Crippen molar-refractivity contribution < 1.29 is 9.18 Å². The Morgan fingerprint density at radius 2 is 1.93 bits per heavy atom. The number of carbonyl (C=O) groups is 1. The maximum Gasteiger partial charge on any atom is 0.160 e. The smallest absolute Gasteiger partial charge is 0.160 e. The first-order chi connectivity index (χ1) is 6.49. The molecule has 0 saturated heterocycles. The van der Waals surface area contributed by atoms with Crippen LogP contribution < -0.4 is 0 Å². The Bertz CT molecular complexity index is 342. The van der Waals surface area contributed by atoms with E-state index in [9.17, 15) is 9.18 Å². The molecule has 0 spiro atoms. The van der Waals surface area contributed by atoms with Gasteiger partial charge in [-0.1, -0.05) is 38.1 Å². The number of rotatable bonds is 3. The van der Waals surface area contributed by atoms with Gasteiger partial charge in [-0.2, -0.15) is 0 Å². The number of benzene rings is 1. The first-order valence-electron chi connectivity index (χ1n) is 4.65. The molecule has 1 nitrogen and oxygen atoms in total. The summed E-state index contributed by atoms with van der Waals surface area (Å²) in [5, 5.41) is 0. The molecule has 0 aromatic heterocycles. The third-order valence-electron chi connectivity index (χ3n) is 2.37. The molecule has 1 aromatic carbocycles. The minimum Gasteiger partial charge on any atom is -0.295 e. The van der Waals surface area contributed by atoms with E-state index in [-0.39, 0.29) is 5.78 Å². The summed E-state index contributed by atoms with van der Waals surface area (Å²) in [6.45, 7) is 4.65. The quantitative estimate of drug-likeness (QED) is 0.675. The summed E-state index contributed by atoms with van der Waals surface area (Å²) in [4.78, 5) is 11.3. The number of ketones is 1. The summed E-state index contributed by atoms with van der Waals surface area (Å²) < 4.78 is 12.8. The standard InChI is InChI=1S/C12H15FO/c1-9(14)10-6-4-5-7-11(10)12(2,3)8-13/h4-7H,8H2,1-3H3. The summed E-state index contributed by atoms with van der Waals surface area (Å²) in [6, 6.07) is 7.19. The van der Waals surface area contributed by atoms with Crippen LogP contribution in [-0.2, 0) is 5.41 Å². The average Bonchev–Trinajstić information content (AvgIpc) is 2.18. The number of hydrogen-bond acceptors (Lipinski definition) is 1. The Morgan fingerprint density at radius 1 is 1.36 bits per heavy atom. The molecule has 1 aromatic rings. The lowest BCUT2D eigenvalue weighted by molar-refractivity contribution is 0.101. The maximum atomic E-state index is 12.8. The summed E-state index contributed by atoms with van der Waals surface area (Å²) >= 11 is 0. The molecular formula is C12H15FO. The van der Waals surface area contributed by atoms with Gasteiger partial charge < -0.3 is 0 Å². The van der Waals surface area contributed by atoms with Crippen LogP contribution in [0.5, 0.6) is 0 Å². The number of hydrogen-bond donors (Lipinski definition) is 0. The predicted octanol–water partition coefficient (Wildman–Crippen LogP) is 3.14. The minimum atomic E-state index is -0.581. The zero-order chi connectivity index (χ0) is 10.8. The van der Waals surface area contributed by atoms with Gasteiger partial charge in [-0.05, 0) is 12.5 Å². The van der Waals surface area contributed by atoms with E-state index in [4.69, 9.17) is 0 Å². The molecular weight excluding hydrogens is 179 g/mol. The van der Waals surface area contributed by atoms with Crippen molar-refractivity contribution in [2.75, 3.05) is 6.67 Å². The SMILES string of the molecule is CC(=O)c1ccccc1C(C)(C)CF. The molecule has 0 unspecified atom stereocenters. The Morgan fingerprint density at radius 3 is 2.43 bits per heavy atom. The lowest BCUT2D eigenvalue weighted by atomic mass is 9.82. The molecule has 0 bridgehead atoms. The van der Waals surface area contributed by atoms with E-state index in [1.165, 1.54) is 6.92 Å². The number of Topliss-reactive ketones (excluding diaryl/α,β-unsaturated/α-hetero) is 1. The summed E-state index contributed by atoms with van der Waals surface area (Å²) in [5.41, 5.74) is 0.826. The van der Waals surface area contributed by atoms with Gasteiger partial charge >= 0.3 is 0 Å². The van der Waals surface area contributed by atoms with E-state index in [2.05, 4.69) is 0 Å². The van der Waals surface area contributed by atoms with Gasteiger partial charge in [-0.25, -0.2) is 0 Å². The highest BCUT2D eigenvalue weighted by molar-refractivity contribution is 5.95. The molecule has 76 valence electrons. The summed E-state index contributed by atoms with van der Waals surface area (Å²) in [7, 11) is 0. The van der Waals surface area contributed by atoms with Crippen LogP contribution in [0.3, 0.4) is 0 Å². The van der Waals surface area contributed by atoms with Crippen LogP contribution in [0.15, 0.2) is 24.3 Å². The molecule has 0 atom stereocenters. The largest absolute Gasteiger partial charge is 0.295 e. The zero-order valence-electron chi connectivity index (χ0n) is 8.80. The van der Waals surface area contributed by atoms with Crippen molar-refractivity contribution in [1.82, 2.24) is 0 Å². The maximum absolute atomic E-state index is 12.8. The monoisotopic (exact) mass is 194 g/mol. The van der Waals surface area contributed by atoms with Crippen molar-refractivity contribution in [3.63, 3.8) is 0 Å². The molecule has 0 heterocycles. The second kappa shape index (κ2) is 3.91. The molecule has 0 aliphatic heterocycles. The Hall–Kier alpha value is -1.18. The molecule has 0 aliphatic rings. The van der Waals surface area contributed by atoms with E-state index in [1.54, 1.807) is 26.0 Å². The van der Waals surface area contributed by atoms with E-state index in [0.29, 0.717) is 5.56 Å². The van der Waals surface area contributed by atoms with E-state index in [0.717, 1.165) is 5.56 Å². The topological polar surface area (TPSA) is 17.1 Å². The van der Waals surface area contributed by atoms with E-state index in [1.807, 2.05) is 12.1 Å². The molecule has 0 N–H and O–H groups in total. The van der Waals surface area contributed by atoms with Gasteiger partial charge in [0.1, 0.15) is 0 Å². The van der Waals surface area contributed by atoms with Gasteiger partial charge in [0.05, 0.1) is 6.67 Å². The van der Waals surface area contributed by atoms with Crippen LogP contribution in [0, 0.1) is 0 Å². The first kappa shape index (κ1) is 10.9. The summed E-state index contributed by atoms with van der Waals surface area (Å²) in [5.74, 6) is -0.0119. The van der Waals surface area contributed by atoms with Crippen LogP contribution in [0.25, 0.3) is 0 Å². The highest BCUT2D eigenvalue weighted by Gasteiger charge is 2.24. The van der Waals surface area contributed by atoms with Gasteiger partial charge in [0.15, 0.2) is 5.78 Å². The van der Waals surface area contributed by atoms with Crippen LogP contribution in [0.4, 0.5) is 4.39 Å². The van der Waals surface area contributed by atoms with Gasteiger partial charge in [0, 0.05) is 11.0 Å². The van der Waals surface area contributed by atoms with E-state index < -0.39 is 12.1 Å². The van der Waals surface area contributed by atoms with E-state index >= 15 is 0 Å². The van der Waals surface area contributed by atoms with Crippen LogP contribution in [0.2, 0.25) is 0 Å². The van der Waals surface area contributed by atoms with Crippen molar-refractivity contribution in [1.29, 1.82) is 0 Å². The lowest BCUT2D eigenvalue weighted by Gasteiger charge is -2.23. The normalized spacial score (nSPS) is 11.4. The molecule has 0 radical (unpaired) electrons. The highest BCUT2D eigenvalue weighted by Crippen LogP contribution is 2.27. The third-order valence-corrected chi connectivity index (χ3v) is 2.37. The zero-order valence-corrected chi connectivity index (χ0v) is 8.80. The molecule has 0 fully saturated rings.